The van der Waals surface area contributed by atoms with Gasteiger partial charge in [0.1, 0.15) is 0 Å². The van der Waals surface area contributed by atoms with Crippen LogP contribution in [0.3, 0.4) is 0 Å². The van der Waals surface area contributed by atoms with Crippen LogP contribution in [0, 0.1) is 24.2 Å². The number of halogens is 3. The molecule has 1 amide bonds. The lowest BCUT2D eigenvalue weighted by atomic mass is 9.76. The number of nitrogens with one attached hydrogen (secondary N) is 1. The Morgan fingerprint density at radius 2 is 2.04 bits per heavy atom. The van der Waals surface area contributed by atoms with E-state index in [-0.39, 0.29) is 17.5 Å². The molecule has 128 valence electrons. The molecule has 1 aromatic rings. The minimum absolute atomic E-state index is 0.237. The zero-order valence-corrected chi connectivity index (χ0v) is 13.1. The van der Waals surface area contributed by atoms with Crippen LogP contribution in [-0.4, -0.2) is 36.5 Å². The summed E-state index contributed by atoms with van der Waals surface area (Å²) < 4.78 is 37.6. The maximum Gasteiger partial charge on any atom is 0.416 e. The highest BCUT2D eigenvalue weighted by Crippen LogP contribution is 2.35. The number of alkyl halides is 3. The van der Waals surface area contributed by atoms with E-state index in [1.54, 1.807) is 0 Å². The number of hydrogen-bond acceptors (Lipinski definition) is 2. The predicted molar refractivity (Wildman–Crippen MR) is 84.2 cm³/mol. The Morgan fingerprint density at radius 1 is 1.33 bits per heavy atom. The van der Waals surface area contributed by atoms with Crippen molar-refractivity contribution < 1.29 is 18.0 Å². The molecule has 0 radical (unpaired) electrons. The van der Waals surface area contributed by atoms with Crippen molar-refractivity contribution in [3.63, 3.8) is 0 Å². The van der Waals surface area contributed by atoms with E-state index < -0.39 is 11.7 Å². The molecule has 0 aromatic heterocycles. The number of benzene rings is 1. The summed E-state index contributed by atoms with van der Waals surface area (Å²) in [6.45, 7) is 2.35. The number of terminal acetylenes is 1. The standard InChI is InChI=1S/C18H19F3N2O/c1-2-12-11-23-8-7-14(12)9-16(23)10-22-17(24)13-3-5-15(6-4-13)18(19,20)21/h1,3-6,12,14,16H,7-11H2,(H,22,24). The van der Waals surface area contributed by atoms with Crippen LogP contribution in [-0.2, 0) is 6.18 Å². The van der Waals surface area contributed by atoms with E-state index in [1.165, 1.54) is 12.1 Å². The van der Waals surface area contributed by atoms with E-state index in [0.29, 0.717) is 18.4 Å². The molecule has 3 fully saturated rings. The van der Waals surface area contributed by atoms with Gasteiger partial charge in [-0.1, -0.05) is 0 Å². The largest absolute Gasteiger partial charge is 0.416 e. The average Bonchev–Trinajstić information content (AvgIpc) is 2.59. The summed E-state index contributed by atoms with van der Waals surface area (Å²) in [5.74, 6) is 3.30. The number of rotatable bonds is 3. The van der Waals surface area contributed by atoms with Gasteiger partial charge in [-0.2, -0.15) is 13.2 Å². The molecule has 24 heavy (non-hydrogen) atoms. The molecule has 0 saturated carbocycles. The number of hydrogen-bond donors (Lipinski definition) is 1. The van der Waals surface area contributed by atoms with E-state index in [0.717, 1.165) is 38.1 Å². The van der Waals surface area contributed by atoms with Crippen molar-refractivity contribution in [2.45, 2.75) is 25.1 Å². The molecule has 4 unspecified atom stereocenters. The Morgan fingerprint density at radius 3 is 2.58 bits per heavy atom. The van der Waals surface area contributed by atoms with Crippen LogP contribution in [0.25, 0.3) is 0 Å². The van der Waals surface area contributed by atoms with Crippen molar-refractivity contribution in [3.8, 4) is 12.3 Å². The van der Waals surface area contributed by atoms with Gasteiger partial charge in [0, 0.05) is 30.6 Å². The van der Waals surface area contributed by atoms with Crippen LogP contribution in [0.2, 0.25) is 0 Å². The van der Waals surface area contributed by atoms with Gasteiger partial charge in [-0.25, -0.2) is 0 Å². The van der Waals surface area contributed by atoms with Gasteiger partial charge in [0.2, 0.25) is 0 Å². The minimum atomic E-state index is -4.39. The first-order chi connectivity index (χ1) is 11.4. The molecule has 3 saturated heterocycles. The van der Waals surface area contributed by atoms with Crippen molar-refractivity contribution in [2.75, 3.05) is 19.6 Å². The molecule has 2 bridgehead atoms. The predicted octanol–water partition coefficient (Wildman–Crippen LogP) is 2.78. The molecule has 1 N–H and O–H groups in total. The third-order valence-corrected chi connectivity index (χ3v) is 5.07. The molecular formula is C18H19F3N2O. The Hall–Kier alpha value is -2.00. The van der Waals surface area contributed by atoms with Crippen LogP contribution in [0.4, 0.5) is 13.2 Å². The monoisotopic (exact) mass is 336 g/mol. The summed E-state index contributed by atoms with van der Waals surface area (Å²) in [5, 5.41) is 2.83. The Labute approximate surface area is 139 Å². The highest BCUT2D eigenvalue weighted by molar-refractivity contribution is 5.94. The molecule has 1 aromatic carbocycles. The smallest absolute Gasteiger partial charge is 0.350 e. The van der Waals surface area contributed by atoms with Crippen molar-refractivity contribution in [1.82, 2.24) is 10.2 Å². The summed E-state index contributed by atoms with van der Waals surface area (Å²) in [6.07, 6.45) is 3.21. The number of carbonyl (C=O) groups excluding carboxylic acids is 1. The lowest BCUT2D eigenvalue weighted by molar-refractivity contribution is -0.137. The molecular weight excluding hydrogens is 317 g/mol. The molecule has 6 heteroatoms. The Bertz CT molecular complexity index is 648. The van der Waals surface area contributed by atoms with Crippen molar-refractivity contribution in [3.05, 3.63) is 35.4 Å². The van der Waals surface area contributed by atoms with Gasteiger partial charge in [0.05, 0.1) is 5.56 Å². The average molecular weight is 336 g/mol. The second-order valence-electron chi connectivity index (χ2n) is 6.49. The first-order valence-electron chi connectivity index (χ1n) is 8.04. The number of nitrogens with zero attached hydrogens (tertiary/aromatic N) is 1. The molecule has 4 rings (SSSR count). The van der Waals surface area contributed by atoms with Crippen molar-refractivity contribution in [2.24, 2.45) is 11.8 Å². The molecule has 3 heterocycles. The first kappa shape index (κ1) is 16.8. The van der Waals surface area contributed by atoms with E-state index in [2.05, 4.69) is 16.1 Å². The summed E-state index contributed by atoms with van der Waals surface area (Å²) >= 11 is 0. The fourth-order valence-electron chi connectivity index (χ4n) is 3.66. The third kappa shape index (κ3) is 3.41. The quantitative estimate of drug-likeness (QED) is 0.861. The SMILES string of the molecule is C#CC1CN2CCC1CC2CNC(=O)c1ccc(C(F)(F)F)cc1. The van der Waals surface area contributed by atoms with E-state index in [4.69, 9.17) is 6.42 Å². The summed E-state index contributed by atoms with van der Waals surface area (Å²) in [7, 11) is 0. The van der Waals surface area contributed by atoms with E-state index in [9.17, 15) is 18.0 Å². The van der Waals surface area contributed by atoms with Gasteiger partial charge in [-0.05, 0) is 49.6 Å². The van der Waals surface area contributed by atoms with Crippen LogP contribution in [0.5, 0.6) is 0 Å². The lowest BCUT2D eigenvalue weighted by Crippen LogP contribution is -2.56. The molecule has 0 spiro atoms. The van der Waals surface area contributed by atoms with E-state index in [1.807, 2.05) is 0 Å². The fraction of sp³-hybridized carbons (Fsp3) is 0.500. The number of piperidine rings is 3. The maximum atomic E-state index is 12.5. The Balaban J connectivity index is 1.56. The maximum absolute atomic E-state index is 12.5. The lowest BCUT2D eigenvalue weighted by Gasteiger charge is -2.48. The highest BCUT2D eigenvalue weighted by atomic mass is 19.4. The molecule has 3 nitrogen and oxygen atoms in total. The van der Waals surface area contributed by atoms with Crippen LogP contribution >= 0.6 is 0 Å². The van der Waals surface area contributed by atoms with Crippen LogP contribution in [0.1, 0.15) is 28.8 Å². The van der Waals surface area contributed by atoms with Crippen molar-refractivity contribution in [1.29, 1.82) is 0 Å². The van der Waals surface area contributed by atoms with E-state index >= 15 is 0 Å². The van der Waals surface area contributed by atoms with Gasteiger partial charge in [-0.15, -0.1) is 12.3 Å². The van der Waals surface area contributed by atoms with Gasteiger partial charge in [0.25, 0.3) is 5.91 Å². The summed E-state index contributed by atoms with van der Waals surface area (Å²) in [6, 6.07) is 4.53. The molecule has 3 aliphatic rings. The Kier molecular flexibility index (Phi) is 4.55. The van der Waals surface area contributed by atoms with Gasteiger partial charge in [-0.3, -0.25) is 9.69 Å². The van der Waals surface area contributed by atoms with Crippen LogP contribution in [0.15, 0.2) is 24.3 Å². The summed E-state index contributed by atoms with van der Waals surface area (Å²) in [5.41, 5.74) is -0.518. The molecule has 0 aliphatic carbocycles. The zero-order valence-electron chi connectivity index (χ0n) is 13.1. The molecule has 4 atom stereocenters. The van der Waals surface area contributed by atoms with Crippen LogP contribution < -0.4 is 5.32 Å². The van der Waals surface area contributed by atoms with Crippen molar-refractivity contribution >= 4 is 5.91 Å². The fourth-order valence-corrected chi connectivity index (χ4v) is 3.66. The summed E-state index contributed by atoms with van der Waals surface area (Å²) in [4.78, 5) is 14.4. The van der Waals surface area contributed by atoms with Gasteiger partial charge < -0.3 is 5.32 Å². The highest BCUT2D eigenvalue weighted by Gasteiger charge is 2.39. The number of carbonyl (C=O) groups is 1. The molecule has 3 aliphatic heterocycles. The topological polar surface area (TPSA) is 32.3 Å². The third-order valence-electron chi connectivity index (χ3n) is 5.07. The second-order valence-corrected chi connectivity index (χ2v) is 6.49. The second kappa shape index (κ2) is 6.48. The minimum Gasteiger partial charge on any atom is -0.350 e. The normalized spacial score (nSPS) is 29.1. The van der Waals surface area contributed by atoms with Gasteiger partial charge >= 0.3 is 6.18 Å². The first-order valence-corrected chi connectivity index (χ1v) is 8.04. The zero-order chi connectivity index (χ0) is 17.3. The van der Waals surface area contributed by atoms with Gasteiger partial charge in [0.15, 0.2) is 0 Å². The number of fused-ring (bicyclic) bond motifs is 3. The number of amides is 1.